The van der Waals surface area contributed by atoms with E-state index in [0.29, 0.717) is 64.0 Å². The van der Waals surface area contributed by atoms with E-state index in [-0.39, 0.29) is 18.0 Å². The molecule has 0 atom stereocenters. The number of nitrogens with one attached hydrogen (secondary N) is 4. The molecule has 2 aromatic heterocycles. The molecule has 4 aromatic rings. The lowest BCUT2D eigenvalue weighted by Crippen LogP contribution is -2.20. The molecule has 4 amide bonds. The second-order valence-electron chi connectivity index (χ2n) is 11.8. The summed E-state index contributed by atoms with van der Waals surface area (Å²) in [5, 5.41) is 11.9. The van der Waals surface area contributed by atoms with Gasteiger partial charge in [0, 0.05) is 29.0 Å². The van der Waals surface area contributed by atoms with Crippen molar-refractivity contribution in [2.45, 2.75) is 68.2 Å². The average molecular weight is 669 g/mol. The number of carbonyl (C=O) groups excluding carboxylic acids is 2. The molecule has 248 valence electrons. The topological polar surface area (TPSA) is 152 Å². The number of rotatable bonds is 11. The van der Waals surface area contributed by atoms with Gasteiger partial charge in [-0.1, -0.05) is 53.7 Å². The Morgan fingerprint density at radius 1 is 0.674 bits per heavy atom. The second-order valence-corrected chi connectivity index (χ2v) is 13.3. The van der Waals surface area contributed by atoms with Gasteiger partial charge in [0.2, 0.25) is 10.3 Å². The molecule has 4 N–H and O–H groups in total. The Labute approximate surface area is 279 Å². The second kappa shape index (κ2) is 17.4. The number of ether oxygens (including phenoxy) is 2. The molecule has 0 aliphatic rings. The Kier molecular flexibility index (Phi) is 13.7. The molecule has 0 spiro atoms. The van der Waals surface area contributed by atoms with Crippen molar-refractivity contribution < 1.29 is 19.1 Å². The van der Waals surface area contributed by atoms with Gasteiger partial charge in [-0.05, 0) is 68.0 Å². The Morgan fingerprint density at radius 3 is 1.52 bits per heavy atom. The van der Waals surface area contributed by atoms with Crippen LogP contribution in [0.1, 0.15) is 70.2 Å². The van der Waals surface area contributed by atoms with Crippen molar-refractivity contribution in [1.82, 2.24) is 18.7 Å². The van der Waals surface area contributed by atoms with Gasteiger partial charge < -0.3 is 20.1 Å². The molecule has 2 heterocycles. The smallest absolute Gasteiger partial charge is 0.325 e. The first-order valence-electron chi connectivity index (χ1n) is 15.1. The summed E-state index contributed by atoms with van der Waals surface area (Å²) in [6.45, 7) is 19.3. The number of anilines is 4. The highest BCUT2D eigenvalue weighted by molar-refractivity contribution is 7.10. The number of aromatic nitrogens is 4. The van der Waals surface area contributed by atoms with Crippen LogP contribution < -0.4 is 30.7 Å². The number of carbonyl (C=O) groups is 2. The predicted molar refractivity (Wildman–Crippen MR) is 187 cm³/mol. The molecule has 0 saturated heterocycles. The third kappa shape index (κ3) is 12.2. The van der Waals surface area contributed by atoms with Crippen molar-refractivity contribution >= 4 is 56.8 Å². The Bertz CT molecular complexity index is 1590. The maximum Gasteiger partial charge on any atom is 0.325 e. The first kappa shape index (κ1) is 36.2. The van der Waals surface area contributed by atoms with E-state index in [0.717, 1.165) is 28.5 Å². The van der Waals surface area contributed by atoms with Crippen molar-refractivity contribution in [2.24, 2.45) is 11.8 Å². The zero-order valence-electron chi connectivity index (χ0n) is 27.8. The van der Waals surface area contributed by atoms with Gasteiger partial charge in [0.15, 0.2) is 0 Å². The third-order valence-electron chi connectivity index (χ3n) is 5.84. The molecule has 0 unspecified atom stereocenters. The van der Waals surface area contributed by atoms with Crippen LogP contribution in [-0.2, 0) is 0 Å². The largest absolute Gasteiger partial charge is 0.491 e. The summed E-state index contributed by atoms with van der Waals surface area (Å²) in [6.07, 6.45) is 0. The van der Waals surface area contributed by atoms with E-state index in [9.17, 15) is 9.59 Å². The number of urea groups is 2. The number of aryl methyl sites for hydroxylation is 3. The van der Waals surface area contributed by atoms with Crippen LogP contribution in [0.25, 0.3) is 0 Å². The van der Waals surface area contributed by atoms with E-state index < -0.39 is 0 Å². The standard InChI is InChI=1S/C17H24N4O2S.C15H20N4O2S/c1-10(2)9-23-14-8-12(5)6-7-13(14)18-16(22)20-17-19-15(11(3)4)21-24-17;1-9(2)8-21-13-7-10(3)5-6-12(13)17-14(20)18-15-16-11(4)19-22-15/h6-8,10-11H,9H2,1-5H3,(H2,18,19,20,21,22);5-7,9H,8H2,1-4H3,(H2,16,17,18,19,20). The van der Waals surface area contributed by atoms with E-state index >= 15 is 0 Å². The molecular weight excluding hydrogens is 625 g/mol. The van der Waals surface area contributed by atoms with Crippen molar-refractivity contribution in [1.29, 1.82) is 0 Å². The average Bonchev–Trinajstić information content (AvgIpc) is 3.62. The summed E-state index contributed by atoms with van der Waals surface area (Å²) in [7, 11) is 0. The van der Waals surface area contributed by atoms with Crippen molar-refractivity contribution in [2.75, 3.05) is 34.5 Å². The maximum absolute atomic E-state index is 12.2. The SMILES string of the molecule is Cc1ccc(NC(=O)Nc2nc(C(C)C)ns2)c(OCC(C)C)c1.Cc1ccc(NC(=O)Nc2nc(C)ns2)c(OCC(C)C)c1. The first-order chi connectivity index (χ1) is 21.8. The monoisotopic (exact) mass is 668 g/mol. The van der Waals surface area contributed by atoms with Gasteiger partial charge in [0.05, 0.1) is 24.6 Å². The Balaban J connectivity index is 0.000000251. The predicted octanol–water partition coefficient (Wildman–Crippen LogP) is 8.48. The molecule has 46 heavy (non-hydrogen) atoms. The summed E-state index contributed by atoms with van der Waals surface area (Å²) in [5.74, 6) is 3.74. The van der Waals surface area contributed by atoms with E-state index in [2.05, 4.69) is 67.7 Å². The van der Waals surface area contributed by atoms with E-state index in [1.165, 1.54) is 11.5 Å². The van der Waals surface area contributed by atoms with Gasteiger partial charge in [0.25, 0.3) is 0 Å². The van der Waals surface area contributed by atoms with Gasteiger partial charge in [-0.15, -0.1) is 0 Å². The summed E-state index contributed by atoms with van der Waals surface area (Å²) in [4.78, 5) is 32.6. The molecule has 0 aliphatic carbocycles. The van der Waals surface area contributed by atoms with E-state index in [4.69, 9.17) is 9.47 Å². The van der Waals surface area contributed by atoms with Crippen molar-refractivity contribution in [3.05, 3.63) is 59.2 Å². The van der Waals surface area contributed by atoms with Crippen LogP contribution in [0.15, 0.2) is 36.4 Å². The molecule has 0 saturated carbocycles. The van der Waals surface area contributed by atoms with Gasteiger partial charge >= 0.3 is 12.1 Å². The van der Waals surface area contributed by atoms with Crippen LogP contribution in [0.5, 0.6) is 11.5 Å². The minimum absolute atomic E-state index is 0.230. The summed E-state index contributed by atoms with van der Waals surface area (Å²) in [6, 6.07) is 10.6. The Hall–Kier alpha value is -4.30. The molecule has 4 rings (SSSR count). The minimum atomic E-state index is -0.366. The van der Waals surface area contributed by atoms with Crippen LogP contribution in [0, 0.1) is 32.6 Å². The van der Waals surface area contributed by atoms with Gasteiger partial charge in [0.1, 0.15) is 23.1 Å². The fraction of sp³-hybridized carbons (Fsp3) is 0.438. The summed E-state index contributed by atoms with van der Waals surface area (Å²) in [5.41, 5.74) is 3.41. The van der Waals surface area contributed by atoms with Crippen LogP contribution in [0.3, 0.4) is 0 Å². The highest BCUT2D eigenvalue weighted by Crippen LogP contribution is 2.28. The van der Waals surface area contributed by atoms with Crippen LogP contribution >= 0.6 is 23.1 Å². The van der Waals surface area contributed by atoms with Crippen molar-refractivity contribution in [3.8, 4) is 11.5 Å². The summed E-state index contributed by atoms with van der Waals surface area (Å²) < 4.78 is 19.8. The van der Waals surface area contributed by atoms with Gasteiger partial charge in [-0.25, -0.2) is 19.6 Å². The first-order valence-corrected chi connectivity index (χ1v) is 16.6. The van der Waals surface area contributed by atoms with Gasteiger partial charge in [-0.3, -0.25) is 10.6 Å². The highest BCUT2D eigenvalue weighted by atomic mass is 32.1. The lowest BCUT2D eigenvalue weighted by Gasteiger charge is -2.14. The fourth-order valence-electron chi connectivity index (χ4n) is 3.59. The van der Waals surface area contributed by atoms with Gasteiger partial charge in [-0.2, -0.15) is 8.75 Å². The zero-order chi connectivity index (χ0) is 33.8. The molecule has 0 bridgehead atoms. The number of benzene rings is 2. The molecule has 12 nitrogen and oxygen atoms in total. The van der Waals surface area contributed by atoms with E-state index in [1.54, 1.807) is 6.92 Å². The Morgan fingerprint density at radius 2 is 1.13 bits per heavy atom. The molecule has 14 heteroatoms. The number of amides is 4. The molecule has 2 aromatic carbocycles. The summed E-state index contributed by atoms with van der Waals surface area (Å²) >= 11 is 2.32. The third-order valence-corrected chi connectivity index (χ3v) is 7.21. The number of hydrogen-bond donors (Lipinski definition) is 4. The quantitative estimate of drug-likeness (QED) is 0.124. The normalized spacial score (nSPS) is 10.8. The van der Waals surface area contributed by atoms with Crippen molar-refractivity contribution in [3.63, 3.8) is 0 Å². The molecule has 0 aliphatic heterocycles. The molecule has 0 fully saturated rings. The molecular formula is C32H44N8O4S2. The van der Waals surface area contributed by atoms with Crippen LogP contribution in [0.2, 0.25) is 0 Å². The highest BCUT2D eigenvalue weighted by Gasteiger charge is 2.14. The number of nitrogens with zero attached hydrogens (tertiary/aromatic N) is 4. The maximum atomic E-state index is 12.2. The zero-order valence-corrected chi connectivity index (χ0v) is 29.5. The van der Waals surface area contributed by atoms with Crippen LogP contribution in [0.4, 0.5) is 31.2 Å². The molecule has 0 radical (unpaired) electrons. The van der Waals surface area contributed by atoms with E-state index in [1.807, 2.05) is 64.1 Å². The lowest BCUT2D eigenvalue weighted by atomic mass is 10.2. The number of hydrogen-bond acceptors (Lipinski definition) is 10. The lowest BCUT2D eigenvalue weighted by molar-refractivity contribution is 0.260. The fourth-order valence-corrected chi connectivity index (χ4v) is 4.86. The minimum Gasteiger partial charge on any atom is -0.491 e. The van der Waals surface area contributed by atoms with Crippen LogP contribution in [-0.4, -0.2) is 44.0 Å².